The minimum Gasteiger partial charge on any atom is -0.507 e. The number of hydrogen-bond acceptors (Lipinski definition) is 12. The van der Waals surface area contributed by atoms with Gasteiger partial charge in [-0.15, -0.1) is 0 Å². The third-order valence-corrected chi connectivity index (χ3v) is 36.3. The number of aromatic hydroxyl groups is 6. The van der Waals surface area contributed by atoms with E-state index in [0.29, 0.717) is 89.7 Å². The number of phenols is 6. The highest BCUT2D eigenvalue weighted by atomic mass is 32.2. The SMILES string of the molecule is CC(C)(C)c1cc(CSC2CCCCCC[C@@H]2SCc2cc(C(C)(C)C)cc(C(C)(C)C)c2O)c(O)c(C(C)(C)C)c1.CC(C)c1cc(CSC2CCCCCC[C@@H]2SCc2cc(C(C)C)cc(C(C)C)c2O)c(O)c(C(C)C)c1.Cc1cc(CSC2CCCCCC[C@@H]2SCc2cc(C)cc(C(C)(C)c3ccccc3)c2O)c(O)c(C(C)(C)c2ccccc2)c1. The van der Waals surface area contributed by atoms with Gasteiger partial charge in [0.05, 0.1) is 0 Å². The second kappa shape index (κ2) is 46.3. The Labute approximate surface area is 791 Å². The first kappa shape index (κ1) is 104. The van der Waals surface area contributed by atoms with Crippen LogP contribution in [0.1, 0.15) is 417 Å². The molecule has 0 heterocycles. The molecule has 0 saturated heterocycles. The minimum absolute atomic E-state index is 0.0290. The topological polar surface area (TPSA) is 121 Å². The molecule has 11 rings (SSSR count). The molecule has 0 amide bonds. The fraction of sp³-hybridized carbons (Fsp3) is 0.579. The van der Waals surface area contributed by atoms with Crippen molar-refractivity contribution in [2.24, 2.45) is 0 Å². The van der Waals surface area contributed by atoms with Gasteiger partial charge >= 0.3 is 0 Å². The third kappa shape index (κ3) is 28.6. The summed E-state index contributed by atoms with van der Waals surface area (Å²) in [4.78, 5) is 0. The van der Waals surface area contributed by atoms with Crippen LogP contribution in [0.25, 0.3) is 0 Å². The van der Waals surface area contributed by atoms with Gasteiger partial charge in [-0.2, -0.15) is 70.6 Å². The lowest BCUT2D eigenvalue weighted by atomic mass is 9.76. The monoisotopic (exact) mass is 1820 g/mol. The van der Waals surface area contributed by atoms with E-state index >= 15 is 0 Å². The van der Waals surface area contributed by atoms with Crippen molar-refractivity contribution >= 4 is 70.6 Å². The summed E-state index contributed by atoms with van der Waals surface area (Å²) < 4.78 is 0. The minimum atomic E-state index is -0.293. The van der Waals surface area contributed by atoms with Crippen LogP contribution in [0.5, 0.6) is 34.5 Å². The maximum Gasteiger partial charge on any atom is 0.123 e. The molecule has 0 bridgehead atoms. The molecule has 3 saturated carbocycles. The molecule has 0 radical (unpaired) electrons. The van der Waals surface area contributed by atoms with Crippen molar-refractivity contribution in [3.05, 3.63) is 245 Å². The van der Waals surface area contributed by atoms with Crippen molar-refractivity contribution in [3.63, 3.8) is 0 Å². The molecule has 8 aromatic rings. The van der Waals surface area contributed by atoms with Crippen LogP contribution in [0.2, 0.25) is 0 Å². The van der Waals surface area contributed by atoms with Crippen LogP contribution < -0.4 is 0 Å². The van der Waals surface area contributed by atoms with Gasteiger partial charge in [0.1, 0.15) is 34.5 Å². The van der Waals surface area contributed by atoms with E-state index in [9.17, 15) is 30.6 Å². The van der Waals surface area contributed by atoms with Crippen molar-refractivity contribution in [2.75, 3.05) is 0 Å². The van der Waals surface area contributed by atoms with Crippen molar-refractivity contribution in [3.8, 4) is 34.5 Å². The van der Waals surface area contributed by atoms with E-state index < -0.39 is 0 Å². The Kier molecular flexibility index (Phi) is 38.4. The molecule has 6 atom stereocenters. The number of benzene rings is 8. The largest absolute Gasteiger partial charge is 0.507 e. The van der Waals surface area contributed by atoms with Crippen molar-refractivity contribution in [1.29, 1.82) is 0 Å². The van der Waals surface area contributed by atoms with Crippen LogP contribution in [-0.2, 0) is 67.0 Å². The van der Waals surface area contributed by atoms with Gasteiger partial charge in [-0.25, -0.2) is 0 Å². The molecule has 8 aromatic carbocycles. The maximum atomic E-state index is 11.6. The van der Waals surface area contributed by atoms with E-state index in [1.807, 2.05) is 82.7 Å². The lowest BCUT2D eigenvalue weighted by Gasteiger charge is -2.31. The van der Waals surface area contributed by atoms with Crippen LogP contribution in [0, 0.1) is 13.8 Å². The van der Waals surface area contributed by atoms with Gasteiger partial charge in [0, 0.05) is 121 Å². The number of rotatable bonds is 26. The zero-order valence-electron chi connectivity index (χ0n) is 82.6. The van der Waals surface area contributed by atoms with E-state index in [4.69, 9.17) is 0 Å². The summed E-state index contributed by atoms with van der Waals surface area (Å²) in [5, 5.41) is 71.6. The second-order valence-corrected chi connectivity index (χ2v) is 51.0. The molecule has 3 fully saturated rings. The van der Waals surface area contributed by atoms with E-state index in [1.165, 1.54) is 160 Å². The van der Waals surface area contributed by atoms with Gasteiger partial charge in [-0.05, 0) is 153 Å². The Hall–Kier alpha value is -5.34. The van der Waals surface area contributed by atoms with Gasteiger partial charge in [0.15, 0.2) is 0 Å². The highest BCUT2D eigenvalue weighted by molar-refractivity contribution is 8.04. The summed E-state index contributed by atoms with van der Waals surface area (Å²) in [6.07, 6.45) is 22.8. The average molecular weight is 1820 g/mol. The van der Waals surface area contributed by atoms with Gasteiger partial charge in [0.25, 0.3) is 0 Å². The van der Waals surface area contributed by atoms with Crippen molar-refractivity contribution < 1.29 is 30.6 Å². The summed E-state index contributed by atoms with van der Waals surface area (Å²) in [6, 6.07) is 47.6. The van der Waals surface area contributed by atoms with Crippen LogP contribution in [0.4, 0.5) is 0 Å². The molecule has 3 aliphatic carbocycles. The van der Waals surface area contributed by atoms with E-state index in [1.54, 1.807) is 0 Å². The summed E-state index contributed by atoms with van der Waals surface area (Å²) >= 11 is 12.2. The summed E-state index contributed by atoms with van der Waals surface area (Å²) in [7, 11) is 0. The van der Waals surface area contributed by atoms with Crippen LogP contribution in [0.15, 0.2) is 133 Å². The first-order valence-electron chi connectivity index (χ1n) is 48.1. The third-order valence-electron chi connectivity index (χ3n) is 26.9. The highest BCUT2D eigenvalue weighted by Crippen LogP contribution is 2.51. The maximum absolute atomic E-state index is 11.6. The normalized spacial score (nSPS) is 18.7. The Morgan fingerprint density at radius 1 is 0.254 bits per heavy atom. The predicted octanol–water partition coefficient (Wildman–Crippen LogP) is 34.0. The first-order chi connectivity index (χ1) is 59.2. The van der Waals surface area contributed by atoms with Gasteiger partial charge in [0.2, 0.25) is 0 Å². The molecule has 0 spiro atoms. The molecular formula is C114H164O6S6. The van der Waals surface area contributed by atoms with Gasteiger partial charge < -0.3 is 30.6 Å². The smallest absolute Gasteiger partial charge is 0.123 e. The van der Waals surface area contributed by atoms with Gasteiger partial charge in [-0.3, -0.25) is 0 Å². The Balaban J connectivity index is 0.000000215. The summed E-state index contributed by atoms with van der Waals surface area (Å²) in [5.41, 5.74) is 22.0. The fourth-order valence-electron chi connectivity index (χ4n) is 18.3. The first-order valence-corrected chi connectivity index (χ1v) is 54.4. The van der Waals surface area contributed by atoms with Crippen molar-refractivity contribution in [2.45, 2.75) is 418 Å². The Morgan fingerprint density at radius 2 is 0.492 bits per heavy atom. The molecule has 692 valence electrons. The van der Waals surface area contributed by atoms with Crippen LogP contribution in [-0.4, -0.2) is 62.1 Å². The van der Waals surface area contributed by atoms with Crippen molar-refractivity contribution in [1.82, 2.24) is 0 Å². The molecule has 6 nitrogen and oxygen atoms in total. The molecule has 12 heteroatoms. The molecule has 0 aromatic heterocycles. The molecule has 0 aliphatic heterocycles. The van der Waals surface area contributed by atoms with Crippen LogP contribution >= 0.6 is 70.6 Å². The van der Waals surface area contributed by atoms with Crippen LogP contribution in [0.3, 0.4) is 0 Å². The molecular weight excluding hydrogens is 1660 g/mol. The molecule has 126 heavy (non-hydrogen) atoms. The lowest BCUT2D eigenvalue weighted by Crippen LogP contribution is -2.23. The van der Waals surface area contributed by atoms with Gasteiger partial charge in [-0.1, -0.05) is 388 Å². The second-order valence-electron chi connectivity index (χ2n) is 43.6. The Morgan fingerprint density at radius 3 is 0.722 bits per heavy atom. The summed E-state index contributed by atoms with van der Waals surface area (Å²) in [5.74, 6) is 9.38. The quantitative estimate of drug-likeness (QED) is 0.0310. The molecule has 6 N–H and O–H groups in total. The van der Waals surface area contributed by atoms with E-state index in [0.717, 1.165) is 101 Å². The fourth-order valence-corrected chi connectivity index (χ4v) is 27.6. The number of thioether (sulfide) groups is 6. The average Bonchev–Trinajstić information content (AvgIpc) is 0.780. The highest BCUT2D eigenvalue weighted by Gasteiger charge is 2.36. The number of hydrogen-bond donors (Lipinski definition) is 6. The van der Waals surface area contributed by atoms with E-state index in [-0.39, 0.29) is 32.5 Å². The number of phenolic OH excluding ortho intramolecular Hbond substituents is 6. The number of aryl methyl sites for hydroxylation is 2. The Bertz CT molecular complexity index is 4480. The standard InChI is InChI=1S/C42H52O2S2.C38H60O2S2.C34H52O2S2/c1-29-23-31(39(43)35(25-29)41(3,4)33-17-11-9-12-18-33)27-45-37-21-15-7-8-16-22-38(37)46-28-32-24-30(2)26-36(40(32)44)42(5,6)34-19-13-10-14-20-34;1-35(2,3)27-19-25(33(39)29(21-27)37(7,8)9)23-41-31-17-15-13-14-16-18-32(31)42-24-26-20-28(36(4,5)6)22-30(34(26)40)38(10,11)12;1-21(2)25-15-27(33(35)29(17-25)23(5)6)19-37-31-13-11-9-10-12-14-32(31)38-20-28-16-26(22(3)4)18-30(24(7)8)34(28)36/h9-14,17-20,23-26,37-38,43-44H,7-8,15-16,21-22,27-28H2,1-6H3;19-22,31-32,39-40H,13-18,23-24H2,1-12H3;15-18,21-24,31-32,35-36H,9-14,19-20H2,1-8H3/t37-,38?;2*31-,32?/m000/s1. The predicted molar refractivity (Wildman–Crippen MR) is 560 cm³/mol. The molecule has 3 unspecified atom stereocenters. The zero-order valence-corrected chi connectivity index (χ0v) is 87.5. The summed E-state index contributed by atoms with van der Waals surface area (Å²) in [6.45, 7) is 57.5. The molecule has 3 aliphatic rings. The lowest BCUT2D eigenvalue weighted by molar-refractivity contribution is 0.439. The zero-order chi connectivity index (χ0) is 92.6. The van der Waals surface area contributed by atoms with E-state index in [2.05, 4.69) is 301 Å².